The summed E-state index contributed by atoms with van der Waals surface area (Å²) in [6.07, 6.45) is 3.82. The van der Waals surface area contributed by atoms with Crippen LogP contribution in [0.25, 0.3) is 11.0 Å². The molecule has 4 nitrogen and oxygen atoms in total. The highest BCUT2D eigenvalue weighted by Gasteiger charge is 2.20. The standard InChI is InChI=1S/C14H18N2O2S/c1-17-11-7-9-10(8-12(11)18-2)16-14(15-9)13-5-3-4-6-19-13/h7-8,13H,3-6H2,1-2H3,(H,15,16). The highest BCUT2D eigenvalue weighted by Crippen LogP contribution is 2.38. The van der Waals surface area contributed by atoms with E-state index >= 15 is 0 Å². The largest absolute Gasteiger partial charge is 0.493 e. The number of aromatic nitrogens is 2. The Balaban J connectivity index is 1.99. The molecule has 102 valence electrons. The molecule has 0 aliphatic carbocycles. The summed E-state index contributed by atoms with van der Waals surface area (Å²) in [5, 5.41) is 0.498. The zero-order chi connectivity index (χ0) is 13.2. The van der Waals surface area contributed by atoms with Crippen molar-refractivity contribution in [1.82, 2.24) is 9.97 Å². The zero-order valence-electron chi connectivity index (χ0n) is 11.2. The van der Waals surface area contributed by atoms with Gasteiger partial charge in [-0.05, 0) is 18.6 Å². The maximum absolute atomic E-state index is 5.32. The molecule has 1 N–H and O–H groups in total. The number of hydrogen-bond acceptors (Lipinski definition) is 4. The normalized spacial score (nSPS) is 19.6. The maximum atomic E-state index is 5.32. The van der Waals surface area contributed by atoms with Crippen molar-refractivity contribution in [1.29, 1.82) is 0 Å². The second-order valence-corrected chi connectivity index (χ2v) is 6.01. The van der Waals surface area contributed by atoms with Gasteiger partial charge in [-0.2, -0.15) is 11.8 Å². The number of imidazole rings is 1. The van der Waals surface area contributed by atoms with Crippen LogP contribution in [0.3, 0.4) is 0 Å². The molecule has 0 amide bonds. The van der Waals surface area contributed by atoms with E-state index in [1.54, 1.807) is 14.2 Å². The van der Waals surface area contributed by atoms with Crippen molar-refractivity contribution < 1.29 is 9.47 Å². The highest BCUT2D eigenvalue weighted by molar-refractivity contribution is 7.99. The van der Waals surface area contributed by atoms with Crippen LogP contribution in [-0.2, 0) is 0 Å². The van der Waals surface area contributed by atoms with Crippen molar-refractivity contribution >= 4 is 22.8 Å². The number of nitrogens with zero attached hydrogens (tertiary/aromatic N) is 1. The number of H-pyrrole nitrogens is 1. The number of hydrogen-bond donors (Lipinski definition) is 1. The van der Waals surface area contributed by atoms with E-state index in [0.717, 1.165) is 28.4 Å². The van der Waals surface area contributed by atoms with E-state index < -0.39 is 0 Å². The summed E-state index contributed by atoms with van der Waals surface area (Å²) < 4.78 is 10.6. The summed E-state index contributed by atoms with van der Waals surface area (Å²) in [6, 6.07) is 3.89. The molecule has 3 rings (SSSR count). The monoisotopic (exact) mass is 278 g/mol. The molecule has 0 bridgehead atoms. The molecule has 0 radical (unpaired) electrons. The molecule has 1 aromatic heterocycles. The molecular weight excluding hydrogens is 260 g/mol. The van der Waals surface area contributed by atoms with Gasteiger partial charge in [0.25, 0.3) is 0 Å². The predicted octanol–water partition coefficient (Wildman–Crippen LogP) is 3.54. The fourth-order valence-electron chi connectivity index (χ4n) is 2.47. The molecule has 2 aromatic rings. The van der Waals surface area contributed by atoms with Crippen LogP contribution in [0.4, 0.5) is 0 Å². The Morgan fingerprint density at radius 1 is 1.21 bits per heavy atom. The number of ether oxygens (including phenoxy) is 2. The first-order valence-corrected chi connectivity index (χ1v) is 7.60. The Morgan fingerprint density at radius 2 is 2.00 bits per heavy atom. The average Bonchev–Trinajstić information content (AvgIpc) is 2.89. The SMILES string of the molecule is COc1cc2nc(C3CCCCS3)[nH]c2cc1OC. The highest BCUT2D eigenvalue weighted by atomic mass is 32.2. The minimum atomic E-state index is 0.498. The molecule has 0 spiro atoms. The third-order valence-electron chi connectivity index (χ3n) is 3.49. The van der Waals surface area contributed by atoms with E-state index in [2.05, 4.69) is 4.98 Å². The van der Waals surface area contributed by atoms with Crippen LogP contribution in [0.2, 0.25) is 0 Å². The molecule has 1 saturated heterocycles. The smallest absolute Gasteiger partial charge is 0.163 e. The van der Waals surface area contributed by atoms with Crippen LogP contribution in [0.5, 0.6) is 11.5 Å². The molecular formula is C14H18N2O2S. The Labute approximate surface area is 116 Å². The van der Waals surface area contributed by atoms with Crippen LogP contribution in [-0.4, -0.2) is 29.9 Å². The molecule has 1 unspecified atom stereocenters. The van der Waals surface area contributed by atoms with Crippen molar-refractivity contribution in [2.75, 3.05) is 20.0 Å². The maximum Gasteiger partial charge on any atom is 0.163 e. The van der Waals surface area contributed by atoms with Gasteiger partial charge in [0.1, 0.15) is 5.82 Å². The van der Waals surface area contributed by atoms with Gasteiger partial charge >= 0.3 is 0 Å². The van der Waals surface area contributed by atoms with Gasteiger partial charge in [0.15, 0.2) is 11.5 Å². The average molecular weight is 278 g/mol. The van der Waals surface area contributed by atoms with E-state index in [1.165, 1.54) is 25.0 Å². The summed E-state index contributed by atoms with van der Waals surface area (Å²) in [4.78, 5) is 8.13. The number of aromatic amines is 1. The molecule has 0 saturated carbocycles. The topological polar surface area (TPSA) is 47.1 Å². The van der Waals surface area contributed by atoms with Gasteiger partial charge in [-0.25, -0.2) is 4.98 Å². The van der Waals surface area contributed by atoms with Crippen molar-refractivity contribution in [3.05, 3.63) is 18.0 Å². The first-order chi connectivity index (χ1) is 9.31. The quantitative estimate of drug-likeness (QED) is 0.933. The van der Waals surface area contributed by atoms with Crippen LogP contribution < -0.4 is 9.47 Å². The lowest BCUT2D eigenvalue weighted by atomic mass is 10.2. The van der Waals surface area contributed by atoms with Crippen LogP contribution >= 0.6 is 11.8 Å². The number of thioether (sulfide) groups is 1. The lowest BCUT2D eigenvalue weighted by Gasteiger charge is -2.18. The first-order valence-electron chi connectivity index (χ1n) is 6.55. The van der Waals surface area contributed by atoms with Crippen LogP contribution in [0.1, 0.15) is 30.3 Å². The lowest BCUT2D eigenvalue weighted by Crippen LogP contribution is -2.03. The zero-order valence-corrected chi connectivity index (χ0v) is 12.0. The van der Waals surface area contributed by atoms with Crippen LogP contribution in [0, 0.1) is 0 Å². The Bertz CT molecular complexity index is 535. The number of nitrogens with one attached hydrogen (secondary N) is 1. The minimum Gasteiger partial charge on any atom is -0.493 e. The summed E-state index contributed by atoms with van der Waals surface area (Å²) in [7, 11) is 3.30. The summed E-state index contributed by atoms with van der Waals surface area (Å²) in [5.74, 6) is 3.77. The molecule has 19 heavy (non-hydrogen) atoms. The van der Waals surface area contributed by atoms with E-state index in [9.17, 15) is 0 Å². The van der Waals surface area contributed by atoms with Gasteiger partial charge in [0, 0.05) is 12.1 Å². The molecule has 1 atom stereocenters. The van der Waals surface area contributed by atoms with Gasteiger partial charge < -0.3 is 14.5 Å². The van der Waals surface area contributed by atoms with E-state index in [4.69, 9.17) is 14.5 Å². The van der Waals surface area contributed by atoms with Gasteiger partial charge in [0.2, 0.25) is 0 Å². The van der Waals surface area contributed by atoms with E-state index in [1.807, 2.05) is 23.9 Å². The van der Waals surface area contributed by atoms with Gasteiger partial charge in [0.05, 0.1) is 30.5 Å². The second kappa shape index (κ2) is 5.33. The Hall–Kier alpha value is -1.36. The summed E-state index contributed by atoms with van der Waals surface area (Å²) >= 11 is 2.00. The summed E-state index contributed by atoms with van der Waals surface area (Å²) in [6.45, 7) is 0. The fraction of sp³-hybridized carbons (Fsp3) is 0.500. The number of rotatable bonds is 3. The van der Waals surface area contributed by atoms with Crippen molar-refractivity contribution in [2.24, 2.45) is 0 Å². The molecule has 1 fully saturated rings. The van der Waals surface area contributed by atoms with Gasteiger partial charge in [-0.3, -0.25) is 0 Å². The number of methoxy groups -OCH3 is 2. The molecule has 1 aliphatic heterocycles. The molecule has 2 heterocycles. The number of benzene rings is 1. The molecule has 5 heteroatoms. The third kappa shape index (κ3) is 2.39. The van der Waals surface area contributed by atoms with E-state index in [0.29, 0.717) is 5.25 Å². The fourth-order valence-corrected chi connectivity index (χ4v) is 3.72. The number of fused-ring (bicyclic) bond motifs is 1. The molecule has 1 aliphatic rings. The van der Waals surface area contributed by atoms with Crippen molar-refractivity contribution in [2.45, 2.75) is 24.5 Å². The predicted molar refractivity (Wildman–Crippen MR) is 78.2 cm³/mol. The van der Waals surface area contributed by atoms with Gasteiger partial charge in [-0.1, -0.05) is 6.42 Å². The minimum absolute atomic E-state index is 0.498. The first kappa shape index (κ1) is 12.7. The van der Waals surface area contributed by atoms with E-state index in [-0.39, 0.29) is 0 Å². The lowest BCUT2D eigenvalue weighted by molar-refractivity contribution is 0.356. The Kier molecular flexibility index (Phi) is 3.55. The molecule has 1 aromatic carbocycles. The van der Waals surface area contributed by atoms with Gasteiger partial charge in [-0.15, -0.1) is 0 Å². The van der Waals surface area contributed by atoms with Crippen molar-refractivity contribution in [3.8, 4) is 11.5 Å². The second-order valence-electron chi connectivity index (χ2n) is 4.70. The third-order valence-corrected chi connectivity index (χ3v) is 4.88. The Morgan fingerprint density at radius 3 is 2.68 bits per heavy atom. The summed E-state index contributed by atoms with van der Waals surface area (Å²) in [5.41, 5.74) is 1.96. The van der Waals surface area contributed by atoms with Crippen molar-refractivity contribution in [3.63, 3.8) is 0 Å². The van der Waals surface area contributed by atoms with Crippen LogP contribution in [0.15, 0.2) is 12.1 Å².